The van der Waals surface area contributed by atoms with Gasteiger partial charge in [-0.05, 0) is 38.7 Å². The molecule has 4 heteroatoms. The van der Waals surface area contributed by atoms with Crippen LogP contribution >= 0.6 is 0 Å². The van der Waals surface area contributed by atoms with Crippen molar-refractivity contribution in [1.82, 2.24) is 0 Å². The van der Waals surface area contributed by atoms with E-state index in [-0.39, 0.29) is 17.8 Å². The van der Waals surface area contributed by atoms with Crippen molar-refractivity contribution in [2.24, 2.45) is 11.7 Å². The molecule has 3 rings (SSSR count). The molecule has 1 amide bonds. The topological polar surface area (TPSA) is 69.4 Å². The van der Waals surface area contributed by atoms with Crippen molar-refractivity contribution in [1.29, 1.82) is 0 Å². The third-order valence-electron chi connectivity index (χ3n) is 5.98. The molecular weight excluding hydrogens is 314 g/mol. The van der Waals surface area contributed by atoms with Gasteiger partial charge < -0.3 is 10.5 Å². The van der Waals surface area contributed by atoms with E-state index in [4.69, 9.17) is 10.5 Å². The normalized spacial score (nSPS) is 20.8. The number of primary amides is 1. The standard InChI is InChI=1S/C21H29NO3/c1-15-10-11-18(25-19(23)16-8-4-2-5-9-16)17(14-15)21(20(22)24)12-6-3-7-13-21/h10-11,14,16H,2-9,12-13H2,1H3,(H2,22,24). The second-order valence-corrected chi connectivity index (χ2v) is 7.76. The van der Waals surface area contributed by atoms with E-state index < -0.39 is 5.41 Å². The highest BCUT2D eigenvalue weighted by Crippen LogP contribution is 2.44. The van der Waals surface area contributed by atoms with Crippen LogP contribution in [0, 0.1) is 12.8 Å². The summed E-state index contributed by atoms with van der Waals surface area (Å²) in [6.07, 6.45) is 9.74. The number of benzene rings is 1. The molecule has 0 atom stereocenters. The van der Waals surface area contributed by atoms with Gasteiger partial charge in [-0.1, -0.05) is 56.2 Å². The minimum Gasteiger partial charge on any atom is -0.426 e. The number of rotatable bonds is 4. The lowest BCUT2D eigenvalue weighted by Gasteiger charge is -2.36. The van der Waals surface area contributed by atoms with Crippen LogP contribution in [0.4, 0.5) is 0 Å². The highest BCUT2D eigenvalue weighted by Gasteiger charge is 2.42. The molecule has 4 nitrogen and oxygen atoms in total. The molecular formula is C21H29NO3. The predicted octanol–water partition coefficient (Wildman–Crippen LogP) is 4.17. The van der Waals surface area contributed by atoms with Crippen LogP contribution in [0.1, 0.15) is 75.3 Å². The van der Waals surface area contributed by atoms with Gasteiger partial charge in [-0.15, -0.1) is 0 Å². The van der Waals surface area contributed by atoms with Gasteiger partial charge in [0.25, 0.3) is 0 Å². The molecule has 1 aromatic rings. The molecule has 0 aliphatic heterocycles. The minimum absolute atomic E-state index is 0.0150. The van der Waals surface area contributed by atoms with Crippen molar-refractivity contribution in [2.75, 3.05) is 0 Å². The van der Waals surface area contributed by atoms with Crippen LogP contribution in [0.2, 0.25) is 0 Å². The first-order valence-electron chi connectivity index (χ1n) is 9.66. The van der Waals surface area contributed by atoms with Gasteiger partial charge in [0.15, 0.2) is 0 Å². The van der Waals surface area contributed by atoms with Gasteiger partial charge in [-0.2, -0.15) is 0 Å². The molecule has 136 valence electrons. The lowest BCUT2D eigenvalue weighted by molar-refractivity contribution is -0.140. The van der Waals surface area contributed by atoms with Crippen molar-refractivity contribution >= 4 is 11.9 Å². The minimum atomic E-state index is -0.702. The number of nitrogens with two attached hydrogens (primary N) is 1. The Bertz CT molecular complexity index is 641. The van der Waals surface area contributed by atoms with Crippen molar-refractivity contribution in [2.45, 2.75) is 76.5 Å². The van der Waals surface area contributed by atoms with Crippen LogP contribution in [-0.4, -0.2) is 11.9 Å². The van der Waals surface area contributed by atoms with Crippen molar-refractivity contribution in [3.05, 3.63) is 29.3 Å². The molecule has 0 heterocycles. The Hall–Kier alpha value is -1.84. The molecule has 0 bridgehead atoms. The lowest BCUT2D eigenvalue weighted by Crippen LogP contribution is -2.43. The Morgan fingerprint density at radius 2 is 1.68 bits per heavy atom. The Morgan fingerprint density at radius 1 is 1.04 bits per heavy atom. The van der Waals surface area contributed by atoms with Gasteiger partial charge >= 0.3 is 5.97 Å². The molecule has 2 saturated carbocycles. The van der Waals surface area contributed by atoms with Crippen LogP contribution < -0.4 is 10.5 Å². The molecule has 0 aromatic heterocycles. The third kappa shape index (κ3) is 3.73. The second kappa shape index (κ2) is 7.59. The maximum Gasteiger partial charge on any atom is 0.314 e. The van der Waals surface area contributed by atoms with Gasteiger partial charge in [0.1, 0.15) is 5.75 Å². The third-order valence-corrected chi connectivity index (χ3v) is 5.98. The summed E-state index contributed by atoms with van der Waals surface area (Å²) < 4.78 is 5.82. The first-order chi connectivity index (χ1) is 12.0. The largest absolute Gasteiger partial charge is 0.426 e. The maximum atomic E-state index is 12.6. The number of ether oxygens (including phenoxy) is 1. The van der Waals surface area contributed by atoms with Crippen molar-refractivity contribution in [3.8, 4) is 5.75 Å². The molecule has 0 saturated heterocycles. The number of esters is 1. The quantitative estimate of drug-likeness (QED) is 0.659. The fourth-order valence-electron chi connectivity index (χ4n) is 4.44. The van der Waals surface area contributed by atoms with E-state index in [9.17, 15) is 9.59 Å². The van der Waals surface area contributed by atoms with E-state index in [1.807, 2.05) is 25.1 Å². The molecule has 25 heavy (non-hydrogen) atoms. The van der Waals surface area contributed by atoms with Crippen LogP contribution in [0.25, 0.3) is 0 Å². The summed E-state index contributed by atoms with van der Waals surface area (Å²) in [7, 11) is 0. The lowest BCUT2D eigenvalue weighted by atomic mass is 9.68. The zero-order valence-electron chi connectivity index (χ0n) is 15.2. The smallest absolute Gasteiger partial charge is 0.314 e. The van der Waals surface area contributed by atoms with Crippen LogP contribution in [0.3, 0.4) is 0 Å². The van der Waals surface area contributed by atoms with Gasteiger partial charge in [0.2, 0.25) is 5.91 Å². The summed E-state index contributed by atoms with van der Waals surface area (Å²) in [4.78, 5) is 25.0. The summed E-state index contributed by atoms with van der Waals surface area (Å²) in [5, 5.41) is 0. The summed E-state index contributed by atoms with van der Waals surface area (Å²) in [5.74, 6) is 0.0636. The second-order valence-electron chi connectivity index (χ2n) is 7.76. The zero-order valence-corrected chi connectivity index (χ0v) is 15.2. The maximum absolute atomic E-state index is 12.6. The number of carbonyl (C=O) groups is 2. The first kappa shape index (κ1) is 18.0. The summed E-state index contributed by atoms with van der Waals surface area (Å²) in [6.45, 7) is 1.99. The van der Waals surface area contributed by atoms with E-state index in [0.29, 0.717) is 5.75 Å². The monoisotopic (exact) mass is 343 g/mol. The zero-order chi connectivity index (χ0) is 17.9. The fraction of sp³-hybridized carbons (Fsp3) is 0.619. The van der Waals surface area contributed by atoms with Crippen LogP contribution in [0.15, 0.2) is 18.2 Å². The van der Waals surface area contributed by atoms with Gasteiger partial charge in [0, 0.05) is 5.56 Å². The van der Waals surface area contributed by atoms with Crippen LogP contribution in [0.5, 0.6) is 5.75 Å². The summed E-state index contributed by atoms with van der Waals surface area (Å²) in [5.41, 5.74) is 7.01. The van der Waals surface area contributed by atoms with Gasteiger partial charge in [-0.3, -0.25) is 9.59 Å². The molecule has 2 aliphatic rings. The molecule has 0 unspecified atom stereocenters. The predicted molar refractivity (Wildman–Crippen MR) is 97.3 cm³/mol. The molecule has 2 fully saturated rings. The average molecular weight is 343 g/mol. The average Bonchev–Trinajstić information content (AvgIpc) is 2.64. The Labute approximate surface area is 150 Å². The highest BCUT2D eigenvalue weighted by molar-refractivity contribution is 5.88. The Kier molecular flexibility index (Phi) is 5.45. The Balaban J connectivity index is 1.92. The molecule has 2 aliphatic carbocycles. The van der Waals surface area contributed by atoms with E-state index in [2.05, 4.69) is 0 Å². The van der Waals surface area contributed by atoms with E-state index in [1.54, 1.807) is 0 Å². The van der Waals surface area contributed by atoms with Gasteiger partial charge in [0.05, 0.1) is 11.3 Å². The molecule has 2 N–H and O–H groups in total. The number of amides is 1. The SMILES string of the molecule is Cc1ccc(OC(=O)C2CCCCC2)c(C2(C(N)=O)CCCCC2)c1. The fourth-order valence-corrected chi connectivity index (χ4v) is 4.44. The van der Waals surface area contributed by atoms with E-state index >= 15 is 0 Å². The summed E-state index contributed by atoms with van der Waals surface area (Å²) >= 11 is 0. The molecule has 0 radical (unpaired) electrons. The van der Waals surface area contributed by atoms with E-state index in [1.165, 1.54) is 6.42 Å². The van der Waals surface area contributed by atoms with Crippen molar-refractivity contribution < 1.29 is 14.3 Å². The number of aryl methyl sites for hydroxylation is 1. The number of carbonyl (C=O) groups excluding carboxylic acids is 2. The van der Waals surface area contributed by atoms with E-state index in [0.717, 1.165) is 68.9 Å². The number of hydrogen-bond acceptors (Lipinski definition) is 3. The molecule has 1 aromatic carbocycles. The van der Waals surface area contributed by atoms with Crippen molar-refractivity contribution in [3.63, 3.8) is 0 Å². The summed E-state index contributed by atoms with van der Waals surface area (Å²) in [6, 6.07) is 5.76. The van der Waals surface area contributed by atoms with Gasteiger partial charge in [-0.25, -0.2) is 0 Å². The number of hydrogen-bond donors (Lipinski definition) is 1. The van der Waals surface area contributed by atoms with Crippen LogP contribution in [-0.2, 0) is 15.0 Å². The first-order valence-corrected chi connectivity index (χ1v) is 9.66. The Morgan fingerprint density at radius 3 is 2.32 bits per heavy atom. The molecule has 0 spiro atoms. The highest BCUT2D eigenvalue weighted by atomic mass is 16.5.